The van der Waals surface area contributed by atoms with Gasteiger partial charge in [0.05, 0.1) is 35.3 Å². The van der Waals surface area contributed by atoms with Crippen LogP contribution in [-0.4, -0.2) is 32.6 Å². The van der Waals surface area contributed by atoms with Crippen molar-refractivity contribution >= 4 is 50.0 Å². The van der Waals surface area contributed by atoms with Gasteiger partial charge in [0.2, 0.25) is 10.0 Å². The van der Waals surface area contributed by atoms with Crippen LogP contribution in [0.15, 0.2) is 59.5 Å². The molecule has 0 aliphatic carbocycles. The van der Waals surface area contributed by atoms with Crippen molar-refractivity contribution in [1.29, 1.82) is 0 Å². The first-order valence-corrected chi connectivity index (χ1v) is 12.0. The Morgan fingerprint density at radius 3 is 2.21 bits per heavy atom. The number of hydrogen-bond donors (Lipinski definition) is 1. The molecule has 1 heterocycles. The second-order valence-corrected chi connectivity index (χ2v) is 9.52. The van der Waals surface area contributed by atoms with Gasteiger partial charge < -0.3 is 24.5 Å². The van der Waals surface area contributed by atoms with E-state index in [0.717, 1.165) is 11.1 Å². The maximum absolute atomic E-state index is 13.1. The molecule has 1 aromatic heterocycles. The fourth-order valence-electron chi connectivity index (χ4n) is 3.26. The molecule has 0 unspecified atom stereocenters. The minimum absolute atomic E-state index is 0.0709. The lowest BCUT2D eigenvalue weighted by atomic mass is 10.1. The van der Waals surface area contributed by atoms with E-state index in [0.29, 0.717) is 33.2 Å². The molecule has 0 saturated heterocycles. The van der Waals surface area contributed by atoms with Crippen LogP contribution in [-0.2, 0) is 10.0 Å². The summed E-state index contributed by atoms with van der Waals surface area (Å²) in [6.07, 6.45) is 0. The van der Waals surface area contributed by atoms with E-state index < -0.39 is 10.0 Å². The molecule has 0 atom stereocenters. The molecular formula is C24H22ClN4O4S-. The lowest BCUT2D eigenvalue weighted by Gasteiger charge is -2.22. The van der Waals surface area contributed by atoms with E-state index in [1.165, 1.54) is 20.3 Å². The highest BCUT2D eigenvalue weighted by atomic mass is 35.5. The zero-order valence-electron chi connectivity index (χ0n) is 19.0. The Labute approximate surface area is 203 Å². The van der Waals surface area contributed by atoms with Crippen molar-refractivity contribution < 1.29 is 17.9 Å². The zero-order valence-corrected chi connectivity index (χ0v) is 20.5. The number of nitrogens with one attached hydrogen (secondary N) is 1. The van der Waals surface area contributed by atoms with Crippen molar-refractivity contribution in [3.8, 4) is 11.5 Å². The van der Waals surface area contributed by atoms with Crippen LogP contribution in [0.2, 0.25) is 5.02 Å². The van der Waals surface area contributed by atoms with Crippen LogP contribution in [0.1, 0.15) is 11.1 Å². The van der Waals surface area contributed by atoms with Crippen molar-refractivity contribution in [2.24, 2.45) is 0 Å². The molecule has 0 radical (unpaired) electrons. The summed E-state index contributed by atoms with van der Waals surface area (Å²) in [5.74, 6) is 0.881. The van der Waals surface area contributed by atoms with E-state index >= 15 is 0 Å². The van der Waals surface area contributed by atoms with Gasteiger partial charge in [-0.3, -0.25) is 0 Å². The molecule has 0 amide bonds. The van der Waals surface area contributed by atoms with Gasteiger partial charge in [-0.15, -0.1) is 0 Å². The third-order valence-electron chi connectivity index (χ3n) is 5.26. The molecule has 0 fully saturated rings. The van der Waals surface area contributed by atoms with Crippen molar-refractivity contribution in [2.45, 2.75) is 18.7 Å². The van der Waals surface area contributed by atoms with Crippen molar-refractivity contribution in [1.82, 2.24) is 9.97 Å². The number of methoxy groups -OCH3 is 2. The second-order valence-electron chi connectivity index (χ2n) is 7.51. The van der Waals surface area contributed by atoms with E-state index in [1.807, 2.05) is 19.9 Å². The summed E-state index contributed by atoms with van der Waals surface area (Å²) in [4.78, 5) is 9.10. The molecule has 3 aromatic carbocycles. The summed E-state index contributed by atoms with van der Waals surface area (Å²) in [6, 6.07) is 15.2. The number of benzene rings is 3. The van der Waals surface area contributed by atoms with Gasteiger partial charge in [-0.05, 0) is 60.6 Å². The third kappa shape index (κ3) is 4.71. The van der Waals surface area contributed by atoms with Gasteiger partial charge in [0, 0.05) is 6.07 Å². The summed E-state index contributed by atoms with van der Waals surface area (Å²) < 4.78 is 41.0. The van der Waals surface area contributed by atoms with Gasteiger partial charge in [0.1, 0.15) is 17.3 Å². The lowest BCUT2D eigenvalue weighted by Crippen LogP contribution is -2.04. The SMILES string of the molecule is COc1cc(OC)c(Nc2nc3ccccc3nc2[N-]S(=O)(=O)c2ccc(C)c(C)c2)cc1Cl. The highest BCUT2D eigenvalue weighted by Gasteiger charge is 2.16. The number of aryl methyl sites for hydroxylation is 2. The topological polar surface area (TPSA) is 105 Å². The molecular weight excluding hydrogens is 476 g/mol. The molecule has 4 rings (SSSR count). The largest absolute Gasteiger partial charge is 0.495 e. The van der Waals surface area contributed by atoms with Gasteiger partial charge >= 0.3 is 0 Å². The standard InChI is InChI=1S/C24H22ClN4O4S/c1-14-9-10-16(11-15(14)2)34(30,31)29-24-23(26-18-7-5-6-8-19(18)27-24)28-20-12-17(25)21(32-3)13-22(20)33-4/h5-13H,1-4H3,(H-,26,27,28,29)/q-1. The van der Waals surface area contributed by atoms with Crippen molar-refractivity contribution in [3.63, 3.8) is 0 Å². The van der Waals surface area contributed by atoms with Crippen LogP contribution in [0.25, 0.3) is 15.8 Å². The highest BCUT2D eigenvalue weighted by molar-refractivity contribution is 7.94. The van der Waals surface area contributed by atoms with Gasteiger partial charge in [0.15, 0.2) is 0 Å². The van der Waals surface area contributed by atoms with Gasteiger partial charge in [0.25, 0.3) is 0 Å². The van der Waals surface area contributed by atoms with E-state index in [2.05, 4.69) is 20.0 Å². The van der Waals surface area contributed by atoms with Crippen LogP contribution in [0.3, 0.4) is 0 Å². The number of ether oxygens (including phenoxy) is 2. The average Bonchev–Trinajstić information content (AvgIpc) is 2.81. The van der Waals surface area contributed by atoms with Crippen LogP contribution >= 0.6 is 11.6 Å². The van der Waals surface area contributed by atoms with Crippen LogP contribution in [0.4, 0.5) is 17.3 Å². The minimum atomic E-state index is -4.07. The Morgan fingerprint density at radius 1 is 0.882 bits per heavy atom. The number of para-hydroxylation sites is 2. The number of fused-ring (bicyclic) bond motifs is 1. The van der Waals surface area contributed by atoms with E-state index in [9.17, 15) is 8.42 Å². The minimum Gasteiger partial charge on any atom is -0.495 e. The second kappa shape index (κ2) is 9.36. The van der Waals surface area contributed by atoms with Crippen molar-refractivity contribution in [3.05, 3.63) is 75.5 Å². The Balaban J connectivity index is 1.81. The van der Waals surface area contributed by atoms with E-state index in [-0.39, 0.29) is 16.5 Å². The summed E-state index contributed by atoms with van der Waals surface area (Å²) >= 11 is 6.30. The first-order valence-electron chi connectivity index (χ1n) is 10.2. The maximum atomic E-state index is 13.1. The molecule has 176 valence electrons. The summed E-state index contributed by atoms with van der Waals surface area (Å²) in [6.45, 7) is 3.75. The van der Waals surface area contributed by atoms with Gasteiger partial charge in [-0.2, -0.15) is 0 Å². The number of aromatic nitrogens is 2. The predicted octanol–water partition coefficient (Wildman–Crippen LogP) is 6.05. The smallest absolute Gasteiger partial charge is 0.202 e. The van der Waals surface area contributed by atoms with Crippen molar-refractivity contribution in [2.75, 3.05) is 19.5 Å². The predicted molar refractivity (Wildman–Crippen MR) is 133 cm³/mol. The fraction of sp³-hybridized carbons (Fsp3) is 0.167. The highest BCUT2D eigenvalue weighted by Crippen LogP contribution is 2.40. The Bertz CT molecular complexity index is 1490. The number of nitrogens with zero attached hydrogens (tertiary/aromatic N) is 3. The zero-order chi connectivity index (χ0) is 24.5. The lowest BCUT2D eigenvalue weighted by molar-refractivity contribution is 0.396. The molecule has 10 heteroatoms. The number of rotatable bonds is 7. The summed E-state index contributed by atoms with van der Waals surface area (Å²) in [7, 11) is -1.07. The van der Waals surface area contributed by atoms with E-state index in [1.54, 1.807) is 42.5 Å². The Morgan fingerprint density at radius 2 is 1.56 bits per heavy atom. The molecule has 4 aromatic rings. The molecule has 0 bridgehead atoms. The van der Waals surface area contributed by atoms with Gasteiger partial charge in [-0.1, -0.05) is 35.9 Å². The Kier molecular flexibility index (Phi) is 6.49. The van der Waals surface area contributed by atoms with Gasteiger partial charge in [-0.25, -0.2) is 13.4 Å². The number of anilines is 2. The number of hydrogen-bond acceptors (Lipinski definition) is 7. The monoisotopic (exact) mass is 497 g/mol. The normalized spacial score (nSPS) is 11.3. The summed E-state index contributed by atoms with van der Waals surface area (Å²) in [5.41, 5.74) is 3.33. The quantitative estimate of drug-likeness (QED) is 0.331. The van der Waals surface area contributed by atoms with E-state index in [4.69, 9.17) is 21.1 Å². The summed E-state index contributed by atoms with van der Waals surface area (Å²) in [5, 5.41) is 3.41. The first-order chi connectivity index (χ1) is 16.2. The fourth-order valence-corrected chi connectivity index (χ4v) is 4.53. The maximum Gasteiger partial charge on any atom is 0.202 e. The number of sulfonamides is 1. The molecule has 8 nitrogen and oxygen atoms in total. The average molecular weight is 498 g/mol. The molecule has 0 aliphatic rings. The first kappa shape index (κ1) is 23.6. The molecule has 0 saturated carbocycles. The number of halogens is 1. The molecule has 34 heavy (non-hydrogen) atoms. The van der Waals surface area contributed by atoms with Crippen LogP contribution < -0.4 is 14.8 Å². The molecule has 1 N–H and O–H groups in total. The Hall–Kier alpha value is -3.56. The molecule has 0 aliphatic heterocycles. The third-order valence-corrected chi connectivity index (χ3v) is 6.82. The van der Waals surface area contributed by atoms with Crippen LogP contribution in [0.5, 0.6) is 11.5 Å². The van der Waals surface area contributed by atoms with Crippen LogP contribution in [0, 0.1) is 13.8 Å². The molecule has 0 spiro atoms.